The Labute approximate surface area is 159 Å². The smallest absolute Gasteiger partial charge is 0.257 e. The van der Waals surface area contributed by atoms with Crippen LogP contribution >= 0.6 is 22.7 Å². The van der Waals surface area contributed by atoms with Crippen molar-refractivity contribution < 1.29 is 4.79 Å². The molecule has 3 aromatic rings. The maximum absolute atomic E-state index is 12.4. The minimum absolute atomic E-state index is 0.154. The van der Waals surface area contributed by atoms with Crippen LogP contribution in [-0.2, 0) is 6.54 Å². The summed E-state index contributed by atoms with van der Waals surface area (Å²) in [5.41, 5.74) is 3.38. The molecular formula is C18H19N5OS2. The van der Waals surface area contributed by atoms with Crippen molar-refractivity contribution in [2.75, 3.05) is 11.9 Å². The van der Waals surface area contributed by atoms with Crippen molar-refractivity contribution >= 4 is 33.7 Å². The molecule has 1 saturated heterocycles. The number of hydrogen-bond donors (Lipinski definition) is 1. The van der Waals surface area contributed by atoms with E-state index < -0.39 is 0 Å². The molecule has 3 heterocycles. The number of amides is 1. The van der Waals surface area contributed by atoms with Crippen molar-refractivity contribution in [2.24, 2.45) is 0 Å². The molecule has 4 rings (SSSR count). The monoisotopic (exact) mass is 385 g/mol. The largest absolute Gasteiger partial charge is 0.296 e. The van der Waals surface area contributed by atoms with Crippen LogP contribution in [0, 0.1) is 0 Å². The molecule has 1 amide bonds. The molecule has 1 fully saturated rings. The number of nitrogens with one attached hydrogen (secondary N) is 1. The highest BCUT2D eigenvalue weighted by Crippen LogP contribution is 2.33. The third-order valence-electron chi connectivity index (χ3n) is 4.51. The maximum atomic E-state index is 12.4. The summed E-state index contributed by atoms with van der Waals surface area (Å²) in [6.07, 6.45) is 5.47. The lowest BCUT2D eigenvalue weighted by atomic mass is 10.0. The summed E-state index contributed by atoms with van der Waals surface area (Å²) in [5, 5.41) is 14.1. The van der Waals surface area contributed by atoms with E-state index in [9.17, 15) is 4.79 Å². The van der Waals surface area contributed by atoms with Gasteiger partial charge in [0.25, 0.3) is 5.91 Å². The SMILES string of the molecule is O=C(Nc1nncs1)c1cccc(CN2CCCC[C@H]2c2nccs2)c1. The Kier molecular flexibility index (Phi) is 5.33. The first-order chi connectivity index (χ1) is 12.8. The van der Waals surface area contributed by atoms with Crippen LogP contribution in [0.4, 0.5) is 5.13 Å². The highest BCUT2D eigenvalue weighted by molar-refractivity contribution is 7.13. The molecule has 0 saturated carbocycles. The number of thiazole rings is 1. The van der Waals surface area contributed by atoms with Gasteiger partial charge in [-0.3, -0.25) is 15.0 Å². The molecule has 1 N–H and O–H groups in total. The summed E-state index contributed by atoms with van der Waals surface area (Å²) in [7, 11) is 0. The molecule has 0 unspecified atom stereocenters. The van der Waals surface area contributed by atoms with Gasteiger partial charge in [0.05, 0.1) is 6.04 Å². The van der Waals surface area contributed by atoms with Gasteiger partial charge in [-0.2, -0.15) is 0 Å². The molecule has 1 atom stereocenters. The Hall–Kier alpha value is -2.16. The number of carbonyl (C=O) groups excluding carboxylic acids is 1. The summed E-state index contributed by atoms with van der Waals surface area (Å²) in [6, 6.07) is 8.18. The molecule has 0 spiro atoms. The second kappa shape index (κ2) is 8.03. The van der Waals surface area contributed by atoms with Gasteiger partial charge in [-0.05, 0) is 37.1 Å². The Morgan fingerprint density at radius 1 is 1.31 bits per heavy atom. The summed E-state index contributed by atoms with van der Waals surface area (Å²) in [6.45, 7) is 1.88. The van der Waals surface area contributed by atoms with E-state index in [1.165, 1.54) is 29.2 Å². The molecule has 1 aliphatic rings. The van der Waals surface area contributed by atoms with Crippen LogP contribution in [0.15, 0.2) is 41.4 Å². The van der Waals surface area contributed by atoms with E-state index in [1.54, 1.807) is 16.8 Å². The van der Waals surface area contributed by atoms with Crippen LogP contribution in [0.1, 0.15) is 46.2 Å². The van der Waals surface area contributed by atoms with Crippen LogP contribution in [0.3, 0.4) is 0 Å². The third-order valence-corrected chi connectivity index (χ3v) is 5.99. The standard InChI is InChI=1S/C18H19N5OS2/c24-16(21-18-22-20-12-26-18)14-5-3-4-13(10-14)11-23-8-2-1-6-15(23)17-19-7-9-25-17/h3-5,7,9-10,12,15H,1-2,6,8,11H2,(H,21,22,24)/t15-/m0/s1. The highest BCUT2D eigenvalue weighted by Gasteiger charge is 2.25. The van der Waals surface area contributed by atoms with Crippen molar-refractivity contribution in [1.29, 1.82) is 0 Å². The first-order valence-corrected chi connectivity index (χ1v) is 10.4. The fraction of sp³-hybridized carbons (Fsp3) is 0.333. The lowest BCUT2D eigenvalue weighted by molar-refractivity contribution is 0.102. The van der Waals surface area contributed by atoms with Crippen molar-refractivity contribution in [3.8, 4) is 0 Å². The molecule has 1 aliphatic heterocycles. The van der Waals surface area contributed by atoms with Crippen LogP contribution in [0.5, 0.6) is 0 Å². The molecule has 0 radical (unpaired) electrons. The summed E-state index contributed by atoms with van der Waals surface area (Å²) in [5.74, 6) is -0.154. The maximum Gasteiger partial charge on any atom is 0.257 e. The normalized spacial score (nSPS) is 17.9. The summed E-state index contributed by atoms with van der Waals surface area (Å²) >= 11 is 3.03. The zero-order chi connectivity index (χ0) is 17.8. The van der Waals surface area contributed by atoms with Gasteiger partial charge in [-0.1, -0.05) is 29.9 Å². The van der Waals surface area contributed by atoms with Gasteiger partial charge in [-0.25, -0.2) is 4.98 Å². The zero-order valence-electron chi connectivity index (χ0n) is 14.2. The van der Waals surface area contributed by atoms with Gasteiger partial charge in [0.1, 0.15) is 10.5 Å². The molecule has 0 aliphatic carbocycles. The van der Waals surface area contributed by atoms with Crippen molar-refractivity contribution in [2.45, 2.75) is 31.8 Å². The molecule has 2 aromatic heterocycles. The quantitative estimate of drug-likeness (QED) is 0.719. The predicted octanol–water partition coefficient (Wildman–Crippen LogP) is 3.97. The minimum atomic E-state index is -0.154. The van der Waals surface area contributed by atoms with E-state index >= 15 is 0 Å². The Morgan fingerprint density at radius 2 is 2.27 bits per heavy atom. The number of benzene rings is 1. The minimum Gasteiger partial charge on any atom is -0.296 e. The van der Waals surface area contributed by atoms with Crippen molar-refractivity contribution in [3.63, 3.8) is 0 Å². The van der Waals surface area contributed by atoms with Gasteiger partial charge in [0, 0.05) is 23.7 Å². The van der Waals surface area contributed by atoms with Crippen LogP contribution in [0.25, 0.3) is 0 Å². The van der Waals surface area contributed by atoms with E-state index in [-0.39, 0.29) is 5.91 Å². The van der Waals surface area contributed by atoms with E-state index in [0.29, 0.717) is 16.7 Å². The first-order valence-electron chi connectivity index (χ1n) is 8.59. The van der Waals surface area contributed by atoms with Gasteiger partial charge < -0.3 is 0 Å². The number of hydrogen-bond acceptors (Lipinski definition) is 7. The average molecular weight is 386 g/mol. The van der Waals surface area contributed by atoms with Crippen LogP contribution < -0.4 is 5.32 Å². The number of carbonyl (C=O) groups is 1. The molecular weight excluding hydrogens is 366 g/mol. The Balaban J connectivity index is 1.48. The molecule has 0 bridgehead atoms. The number of aromatic nitrogens is 3. The van der Waals surface area contributed by atoms with Gasteiger partial charge in [-0.15, -0.1) is 21.5 Å². The van der Waals surface area contributed by atoms with Gasteiger partial charge >= 0.3 is 0 Å². The number of likely N-dealkylation sites (tertiary alicyclic amines) is 1. The second-order valence-electron chi connectivity index (χ2n) is 6.25. The van der Waals surface area contributed by atoms with Crippen LogP contribution in [-0.4, -0.2) is 32.5 Å². The number of piperidine rings is 1. The second-order valence-corrected chi connectivity index (χ2v) is 8.01. The lowest BCUT2D eigenvalue weighted by Gasteiger charge is -2.34. The molecule has 1 aromatic carbocycles. The Morgan fingerprint density at radius 3 is 3.08 bits per heavy atom. The number of anilines is 1. The van der Waals surface area contributed by atoms with Crippen LogP contribution in [0.2, 0.25) is 0 Å². The highest BCUT2D eigenvalue weighted by atomic mass is 32.1. The average Bonchev–Trinajstić information content (AvgIpc) is 3.36. The van der Waals surface area contributed by atoms with Crippen molar-refractivity contribution in [1.82, 2.24) is 20.1 Å². The molecule has 134 valence electrons. The fourth-order valence-corrected chi connectivity index (χ4v) is 4.55. The third kappa shape index (κ3) is 3.98. The number of rotatable bonds is 5. The molecule has 26 heavy (non-hydrogen) atoms. The topological polar surface area (TPSA) is 71.0 Å². The summed E-state index contributed by atoms with van der Waals surface area (Å²) < 4.78 is 0. The zero-order valence-corrected chi connectivity index (χ0v) is 15.8. The fourth-order valence-electron chi connectivity index (χ4n) is 3.30. The molecule has 8 heteroatoms. The van der Waals surface area contributed by atoms with E-state index in [2.05, 4.69) is 31.5 Å². The molecule has 6 nitrogen and oxygen atoms in total. The van der Waals surface area contributed by atoms with Gasteiger partial charge in [0.15, 0.2) is 0 Å². The van der Waals surface area contributed by atoms with E-state index in [1.807, 2.05) is 29.8 Å². The summed E-state index contributed by atoms with van der Waals surface area (Å²) in [4.78, 5) is 19.4. The number of nitrogens with zero attached hydrogens (tertiary/aromatic N) is 4. The first kappa shape index (κ1) is 17.3. The van der Waals surface area contributed by atoms with E-state index in [4.69, 9.17) is 0 Å². The predicted molar refractivity (Wildman–Crippen MR) is 103 cm³/mol. The van der Waals surface area contributed by atoms with Crippen molar-refractivity contribution in [3.05, 3.63) is 57.5 Å². The van der Waals surface area contributed by atoms with Gasteiger partial charge in [0.2, 0.25) is 5.13 Å². The van der Waals surface area contributed by atoms with E-state index in [0.717, 1.165) is 25.1 Å². The Bertz CT molecular complexity index is 850. The lowest BCUT2D eigenvalue weighted by Crippen LogP contribution is -2.32.